The molecular weight excluding hydrogens is 204 g/mol. The van der Waals surface area contributed by atoms with Crippen LogP contribution in [0.4, 0.5) is 0 Å². The Kier molecular flexibility index (Phi) is 3.41. The van der Waals surface area contributed by atoms with E-state index in [2.05, 4.69) is 17.2 Å². The largest absolute Gasteiger partial charge is 0.472 e. The lowest BCUT2D eigenvalue weighted by molar-refractivity contribution is 0.423. The molecule has 86 valence electrons. The standard InChI is InChI=1S/C12H16N2O2/c1-3-5-13-9(2)12-14-7-11(16-12)10-4-6-15-8-10/h4,6-9,13H,3,5H2,1-2H3. The highest BCUT2D eigenvalue weighted by Gasteiger charge is 2.12. The Hall–Kier alpha value is -1.55. The third-order valence-corrected chi connectivity index (χ3v) is 2.40. The second-order valence-electron chi connectivity index (χ2n) is 3.75. The summed E-state index contributed by atoms with van der Waals surface area (Å²) in [5.41, 5.74) is 0.918. The van der Waals surface area contributed by atoms with Gasteiger partial charge in [-0.05, 0) is 26.0 Å². The van der Waals surface area contributed by atoms with Crippen LogP contribution in [0.15, 0.2) is 33.6 Å². The summed E-state index contributed by atoms with van der Waals surface area (Å²) < 4.78 is 10.7. The molecule has 2 rings (SSSR count). The van der Waals surface area contributed by atoms with Crippen molar-refractivity contribution in [3.63, 3.8) is 0 Å². The minimum atomic E-state index is 0.139. The van der Waals surface area contributed by atoms with E-state index < -0.39 is 0 Å². The molecule has 2 heterocycles. The van der Waals surface area contributed by atoms with Crippen LogP contribution >= 0.6 is 0 Å². The number of rotatable bonds is 5. The normalized spacial score (nSPS) is 12.9. The van der Waals surface area contributed by atoms with Crippen molar-refractivity contribution < 1.29 is 8.83 Å². The van der Waals surface area contributed by atoms with Gasteiger partial charge in [0.1, 0.15) is 6.26 Å². The second-order valence-corrected chi connectivity index (χ2v) is 3.75. The van der Waals surface area contributed by atoms with E-state index in [1.54, 1.807) is 18.7 Å². The lowest BCUT2D eigenvalue weighted by Crippen LogP contribution is -2.19. The van der Waals surface area contributed by atoms with Gasteiger partial charge in [-0.15, -0.1) is 0 Å². The van der Waals surface area contributed by atoms with Crippen LogP contribution in [0.1, 0.15) is 32.2 Å². The molecule has 0 bridgehead atoms. The Labute approximate surface area is 94.7 Å². The van der Waals surface area contributed by atoms with Crippen molar-refractivity contribution >= 4 is 0 Å². The summed E-state index contributed by atoms with van der Waals surface area (Å²) >= 11 is 0. The molecule has 1 unspecified atom stereocenters. The quantitative estimate of drug-likeness (QED) is 0.841. The SMILES string of the molecule is CCCNC(C)c1ncc(-c2ccoc2)o1. The van der Waals surface area contributed by atoms with Crippen LogP contribution in [0, 0.1) is 0 Å². The Balaban J connectivity index is 2.07. The van der Waals surface area contributed by atoms with Gasteiger partial charge in [-0.1, -0.05) is 6.92 Å². The molecule has 4 heteroatoms. The van der Waals surface area contributed by atoms with Crippen LogP contribution in [-0.4, -0.2) is 11.5 Å². The van der Waals surface area contributed by atoms with Crippen LogP contribution in [0.2, 0.25) is 0 Å². The third kappa shape index (κ3) is 2.33. The molecule has 0 saturated carbocycles. The lowest BCUT2D eigenvalue weighted by Gasteiger charge is -2.08. The fourth-order valence-corrected chi connectivity index (χ4v) is 1.47. The Morgan fingerprint density at radius 2 is 2.38 bits per heavy atom. The van der Waals surface area contributed by atoms with Gasteiger partial charge in [0, 0.05) is 0 Å². The summed E-state index contributed by atoms with van der Waals surface area (Å²) in [5.74, 6) is 1.46. The highest BCUT2D eigenvalue weighted by Crippen LogP contribution is 2.23. The van der Waals surface area contributed by atoms with Crippen LogP contribution in [-0.2, 0) is 0 Å². The Bertz CT molecular complexity index is 420. The first-order chi connectivity index (χ1) is 7.81. The molecule has 0 aliphatic carbocycles. The lowest BCUT2D eigenvalue weighted by atomic mass is 10.3. The van der Waals surface area contributed by atoms with E-state index in [9.17, 15) is 0 Å². The maximum absolute atomic E-state index is 5.65. The van der Waals surface area contributed by atoms with Gasteiger partial charge < -0.3 is 14.2 Å². The molecule has 1 atom stereocenters. The average molecular weight is 220 g/mol. The highest BCUT2D eigenvalue weighted by atomic mass is 16.4. The summed E-state index contributed by atoms with van der Waals surface area (Å²) in [6, 6.07) is 2.00. The smallest absolute Gasteiger partial charge is 0.211 e. The molecule has 2 aromatic rings. The van der Waals surface area contributed by atoms with Gasteiger partial charge >= 0.3 is 0 Å². The van der Waals surface area contributed by atoms with Crippen LogP contribution < -0.4 is 5.32 Å². The number of oxazole rings is 1. The first-order valence-corrected chi connectivity index (χ1v) is 5.53. The van der Waals surface area contributed by atoms with Crippen molar-refractivity contribution in [2.45, 2.75) is 26.3 Å². The van der Waals surface area contributed by atoms with Crippen molar-refractivity contribution in [1.82, 2.24) is 10.3 Å². The van der Waals surface area contributed by atoms with E-state index in [4.69, 9.17) is 8.83 Å². The zero-order chi connectivity index (χ0) is 11.4. The molecule has 0 aromatic carbocycles. The molecule has 2 aromatic heterocycles. The highest BCUT2D eigenvalue weighted by molar-refractivity contribution is 5.53. The summed E-state index contributed by atoms with van der Waals surface area (Å²) in [4.78, 5) is 4.25. The average Bonchev–Trinajstić information content (AvgIpc) is 2.94. The zero-order valence-corrected chi connectivity index (χ0v) is 9.56. The maximum atomic E-state index is 5.65. The van der Waals surface area contributed by atoms with Gasteiger partial charge in [0.2, 0.25) is 5.89 Å². The maximum Gasteiger partial charge on any atom is 0.211 e. The summed E-state index contributed by atoms with van der Waals surface area (Å²) in [6.07, 6.45) is 6.09. The third-order valence-electron chi connectivity index (χ3n) is 2.40. The van der Waals surface area contributed by atoms with Crippen LogP contribution in [0.3, 0.4) is 0 Å². The van der Waals surface area contributed by atoms with Gasteiger partial charge in [0.25, 0.3) is 0 Å². The topological polar surface area (TPSA) is 51.2 Å². The molecule has 0 saturated heterocycles. The molecule has 0 radical (unpaired) electrons. The number of nitrogens with zero attached hydrogens (tertiary/aromatic N) is 1. The molecule has 1 N–H and O–H groups in total. The molecule has 4 nitrogen and oxygen atoms in total. The monoisotopic (exact) mass is 220 g/mol. The first-order valence-electron chi connectivity index (χ1n) is 5.53. The molecule has 0 amide bonds. The first kappa shape index (κ1) is 11.0. The van der Waals surface area contributed by atoms with Gasteiger partial charge in [-0.25, -0.2) is 4.98 Å². The van der Waals surface area contributed by atoms with Gasteiger partial charge in [-0.3, -0.25) is 0 Å². The predicted octanol–water partition coefficient (Wildman–Crippen LogP) is 3.00. The van der Waals surface area contributed by atoms with E-state index >= 15 is 0 Å². The van der Waals surface area contributed by atoms with E-state index in [1.165, 1.54) is 0 Å². The number of furan rings is 1. The van der Waals surface area contributed by atoms with E-state index in [1.807, 2.05) is 13.0 Å². The number of nitrogens with one attached hydrogen (secondary N) is 1. The Morgan fingerprint density at radius 1 is 1.50 bits per heavy atom. The molecule has 0 aliphatic heterocycles. The van der Waals surface area contributed by atoms with Crippen molar-refractivity contribution in [2.75, 3.05) is 6.54 Å². The van der Waals surface area contributed by atoms with Crippen LogP contribution in [0.25, 0.3) is 11.3 Å². The fourth-order valence-electron chi connectivity index (χ4n) is 1.47. The molecular formula is C12H16N2O2. The second kappa shape index (κ2) is 4.99. The van der Waals surface area contributed by atoms with E-state index in [0.29, 0.717) is 5.89 Å². The van der Waals surface area contributed by atoms with Crippen molar-refractivity contribution in [3.05, 3.63) is 30.7 Å². The molecule has 0 aliphatic rings. The minimum absolute atomic E-state index is 0.139. The van der Waals surface area contributed by atoms with Gasteiger partial charge in [0.15, 0.2) is 5.76 Å². The number of aromatic nitrogens is 1. The summed E-state index contributed by atoms with van der Waals surface area (Å²) in [7, 11) is 0. The predicted molar refractivity (Wildman–Crippen MR) is 60.9 cm³/mol. The zero-order valence-electron chi connectivity index (χ0n) is 9.56. The van der Waals surface area contributed by atoms with Gasteiger partial charge in [-0.2, -0.15) is 0 Å². The number of hydrogen-bond acceptors (Lipinski definition) is 4. The number of hydrogen-bond donors (Lipinski definition) is 1. The van der Waals surface area contributed by atoms with Crippen LogP contribution in [0.5, 0.6) is 0 Å². The van der Waals surface area contributed by atoms with Crippen molar-refractivity contribution in [3.8, 4) is 11.3 Å². The van der Waals surface area contributed by atoms with E-state index in [0.717, 1.165) is 24.3 Å². The summed E-state index contributed by atoms with van der Waals surface area (Å²) in [6.45, 7) is 5.14. The van der Waals surface area contributed by atoms with Crippen molar-refractivity contribution in [1.29, 1.82) is 0 Å². The molecule has 0 spiro atoms. The fraction of sp³-hybridized carbons (Fsp3) is 0.417. The summed E-state index contributed by atoms with van der Waals surface area (Å²) in [5, 5.41) is 3.33. The molecule has 16 heavy (non-hydrogen) atoms. The van der Waals surface area contributed by atoms with Crippen molar-refractivity contribution in [2.24, 2.45) is 0 Å². The van der Waals surface area contributed by atoms with E-state index in [-0.39, 0.29) is 6.04 Å². The molecule has 0 fully saturated rings. The Morgan fingerprint density at radius 3 is 3.06 bits per heavy atom. The van der Waals surface area contributed by atoms with Gasteiger partial charge in [0.05, 0.1) is 24.1 Å². The minimum Gasteiger partial charge on any atom is -0.472 e.